The van der Waals surface area contributed by atoms with Crippen molar-refractivity contribution in [2.45, 2.75) is 13.3 Å². The lowest BCUT2D eigenvalue weighted by molar-refractivity contribution is 0.527. The molecule has 0 aliphatic carbocycles. The highest BCUT2D eigenvalue weighted by molar-refractivity contribution is 5.84. The van der Waals surface area contributed by atoms with Crippen LogP contribution in [-0.4, -0.2) is 15.2 Å². The lowest BCUT2D eigenvalue weighted by Crippen LogP contribution is -1.90. The van der Waals surface area contributed by atoms with E-state index in [1.165, 1.54) is 0 Å². The third-order valence-corrected chi connectivity index (χ3v) is 2.97. The predicted octanol–water partition coefficient (Wildman–Crippen LogP) is 2.88. The maximum Gasteiger partial charge on any atom is 0.155 e. The van der Waals surface area contributed by atoms with Crippen molar-refractivity contribution in [3.8, 4) is 22.7 Å². The van der Waals surface area contributed by atoms with Gasteiger partial charge in [0, 0.05) is 12.6 Å². The largest absolute Gasteiger partial charge is 0.459 e. The van der Waals surface area contributed by atoms with E-state index in [2.05, 4.69) is 15.2 Å². The Kier molecular flexibility index (Phi) is 2.79. The number of nitrogens with two attached hydrogens (primary N) is 1. The first-order valence-electron chi connectivity index (χ1n) is 6.14. The highest BCUT2D eigenvalue weighted by Gasteiger charge is 2.18. The molecule has 3 aromatic rings. The highest BCUT2D eigenvalue weighted by Crippen LogP contribution is 2.34. The van der Waals surface area contributed by atoms with Gasteiger partial charge in [-0.25, -0.2) is 0 Å². The predicted molar refractivity (Wildman–Crippen MR) is 73.3 cm³/mol. The Morgan fingerprint density at radius 3 is 2.84 bits per heavy atom. The first-order valence-corrected chi connectivity index (χ1v) is 6.14. The Bertz CT molecular complexity index is 685. The first-order chi connectivity index (χ1) is 9.29. The van der Waals surface area contributed by atoms with Crippen molar-refractivity contribution in [1.29, 1.82) is 0 Å². The number of aryl methyl sites for hydroxylation is 1. The van der Waals surface area contributed by atoms with Crippen LogP contribution in [0.1, 0.15) is 12.7 Å². The highest BCUT2D eigenvalue weighted by atomic mass is 16.3. The van der Waals surface area contributed by atoms with Crippen LogP contribution in [0.3, 0.4) is 0 Å². The average Bonchev–Trinajstić information content (AvgIpc) is 3.05. The molecule has 96 valence electrons. The van der Waals surface area contributed by atoms with Gasteiger partial charge in [-0.3, -0.25) is 10.1 Å². The maximum atomic E-state index is 5.93. The van der Waals surface area contributed by atoms with Crippen LogP contribution in [0.2, 0.25) is 0 Å². The summed E-state index contributed by atoms with van der Waals surface area (Å²) < 4.78 is 5.74. The van der Waals surface area contributed by atoms with Gasteiger partial charge >= 0.3 is 0 Å². The summed E-state index contributed by atoms with van der Waals surface area (Å²) in [5.41, 5.74) is 8.24. The third-order valence-electron chi connectivity index (χ3n) is 2.97. The van der Waals surface area contributed by atoms with E-state index in [-0.39, 0.29) is 0 Å². The van der Waals surface area contributed by atoms with Crippen molar-refractivity contribution in [2.24, 2.45) is 0 Å². The van der Waals surface area contributed by atoms with Crippen molar-refractivity contribution in [1.82, 2.24) is 15.2 Å². The molecule has 3 N–H and O–H groups in total. The van der Waals surface area contributed by atoms with Crippen LogP contribution in [0, 0.1) is 0 Å². The third kappa shape index (κ3) is 1.99. The molecule has 0 atom stereocenters. The molecule has 0 fully saturated rings. The number of aromatic amines is 1. The number of aromatic nitrogens is 3. The number of rotatable bonds is 3. The minimum atomic E-state index is 0.420. The van der Waals surface area contributed by atoms with E-state index in [1.54, 1.807) is 6.20 Å². The summed E-state index contributed by atoms with van der Waals surface area (Å²) in [4.78, 5) is 4.31. The van der Waals surface area contributed by atoms with Crippen LogP contribution in [0.4, 0.5) is 5.82 Å². The monoisotopic (exact) mass is 254 g/mol. The van der Waals surface area contributed by atoms with Gasteiger partial charge in [-0.1, -0.05) is 13.0 Å². The molecule has 0 unspecified atom stereocenters. The standard InChI is InChI=1S/C14H14N4O/c1-2-9-6-7-11(19-9)13-12(14(15)18-17-13)10-5-3-4-8-16-10/h3-8H,2H2,1H3,(H3,15,17,18). The van der Waals surface area contributed by atoms with Crippen LogP contribution in [0.15, 0.2) is 40.9 Å². The summed E-state index contributed by atoms with van der Waals surface area (Å²) in [5.74, 6) is 2.07. The first kappa shape index (κ1) is 11.5. The second-order valence-electron chi connectivity index (χ2n) is 4.19. The van der Waals surface area contributed by atoms with Crippen LogP contribution < -0.4 is 5.73 Å². The van der Waals surface area contributed by atoms with Gasteiger partial charge in [0.15, 0.2) is 11.6 Å². The molecule has 3 rings (SSSR count). The Balaban J connectivity index is 2.13. The van der Waals surface area contributed by atoms with Crippen molar-refractivity contribution in [3.63, 3.8) is 0 Å². The molecule has 0 aliphatic heterocycles. The van der Waals surface area contributed by atoms with Crippen LogP contribution in [-0.2, 0) is 6.42 Å². The van der Waals surface area contributed by atoms with E-state index >= 15 is 0 Å². The molecule has 0 saturated carbocycles. The minimum Gasteiger partial charge on any atom is -0.459 e. The summed E-state index contributed by atoms with van der Waals surface area (Å²) >= 11 is 0. The number of hydrogen-bond donors (Lipinski definition) is 2. The SMILES string of the molecule is CCc1ccc(-c2[nH]nc(N)c2-c2ccccn2)o1. The summed E-state index contributed by atoms with van der Waals surface area (Å²) in [6.45, 7) is 2.05. The smallest absolute Gasteiger partial charge is 0.155 e. The summed E-state index contributed by atoms with van der Waals surface area (Å²) in [5, 5.41) is 6.97. The zero-order chi connectivity index (χ0) is 13.2. The second kappa shape index (κ2) is 4.61. The molecule has 0 aromatic carbocycles. The van der Waals surface area contributed by atoms with Gasteiger partial charge in [0.25, 0.3) is 0 Å². The molecule has 19 heavy (non-hydrogen) atoms. The van der Waals surface area contributed by atoms with Gasteiger partial charge in [-0.2, -0.15) is 5.10 Å². The molecule has 0 saturated heterocycles. The molecule has 0 aliphatic rings. The van der Waals surface area contributed by atoms with E-state index in [4.69, 9.17) is 10.2 Å². The number of nitrogens with one attached hydrogen (secondary N) is 1. The van der Waals surface area contributed by atoms with E-state index in [9.17, 15) is 0 Å². The molecule has 3 heterocycles. The van der Waals surface area contributed by atoms with E-state index < -0.39 is 0 Å². The van der Waals surface area contributed by atoms with Gasteiger partial charge < -0.3 is 10.2 Å². The average molecular weight is 254 g/mol. The van der Waals surface area contributed by atoms with Crippen LogP contribution in [0.5, 0.6) is 0 Å². The van der Waals surface area contributed by atoms with Crippen molar-refractivity contribution in [3.05, 3.63) is 42.3 Å². The van der Waals surface area contributed by atoms with Crippen LogP contribution >= 0.6 is 0 Å². The Morgan fingerprint density at radius 2 is 2.16 bits per heavy atom. The summed E-state index contributed by atoms with van der Waals surface area (Å²) in [7, 11) is 0. The summed E-state index contributed by atoms with van der Waals surface area (Å²) in [6, 6.07) is 9.54. The summed E-state index contributed by atoms with van der Waals surface area (Å²) in [6.07, 6.45) is 2.58. The number of nitrogen functional groups attached to an aromatic ring is 1. The number of pyridine rings is 1. The number of anilines is 1. The van der Waals surface area contributed by atoms with E-state index in [0.717, 1.165) is 34.9 Å². The number of nitrogens with zero attached hydrogens (tertiary/aromatic N) is 2. The zero-order valence-electron chi connectivity index (χ0n) is 10.6. The Hall–Kier alpha value is -2.56. The molecular formula is C14H14N4O. The fourth-order valence-electron chi connectivity index (χ4n) is 2.01. The second-order valence-corrected chi connectivity index (χ2v) is 4.19. The van der Waals surface area contributed by atoms with Crippen molar-refractivity contribution >= 4 is 5.82 Å². The molecule has 0 spiro atoms. The fourth-order valence-corrected chi connectivity index (χ4v) is 2.01. The molecule has 3 aromatic heterocycles. The zero-order valence-corrected chi connectivity index (χ0v) is 10.6. The molecule has 0 radical (unpaired) electrons. The van der Waals surface area contributed by atoms with Crippen LogP contribution in [0.25, 0.3) is 22.7 Å². The molecule has 5 nitrogen and oxygen atoms in total. The van der Waals surface area contributed by atoms with Gasteiger partial charge in [0.1, 0.15) is 11.5 Å². The Labute approximate surface area is 110 Å². The van der Waals surface area contributed by atoms with Gasteiger partial charge in [0.05, 0.1) is 11.3 Å². The van der Waals surface area contributed by atoms with Crippen molar-refractivity contribution < 1.29 is 4.42 Å². The number of hydrogen-bond acceptors (Lipinski definition) is 4. The van der Waals surface area contributed by atoms with Gasteiger partial charge in [-0.05, 0) is 24.3 Å². The number of furan rings is 1. The molecule has 0 amide bonds. The fraction of sp³-hybridized carbons (Fsp3) is 0.143. The molecular weight excluding hydrogens is 240 g/mol. The van der Waals surface area contributed by atoms with Crippen molar-refractivity contribution in [2.75, 3.05) is 5.73 Å². The van der Waals surface area contributed by atoms with E-state index in [1.807, 2.05) is 37.3 Å². The van der Waals surface area contributed by atoms with Gasteiger partial charge in [-0.15, -0.1) is 0 Å². The quantitative estimate of drug-likeness (QED) is 0.753. The lowest BCUT2D eigenvalue weighted by atomic mass is 10.1. The normalized spacial score (nSPS) is 10.8. The topological polar surface area (TPSA) is 80.7 Å². The van der Waals surface area contributed by atoms with E-state index in [0.29, 0.717) is 5.82 Å². The molecule has 0 bridgehead atoms. The maximum absolute atomic E-state index is 5.93. The lowest BCUT2D eigenvalue weighted by Gasteiger charge is -2.01. The Morgan fingerprint density at radius 1 is 1.26 bits per heavy atom. The van der Waals surface area contributed by atoms with Gasteiger partial charge in [0.2, 0.25) is 0 Å². The minimum absolute atomic E-state index is 0.420. The number of H-pyrrole nitrogens is 1. The molecule has 5 heteroatoms.